The normalized spacial score (nSPS) is 12.3. The average Bonchev–Trinajstić information content (AvgIpc) is 3.00. The van der Waals surface area contributed by atoms with Crippen molar-refractivity contribution in [2.75, 3.05) is 0 Å². The molecule has 0 aliphatic rings. The molecule has 0 unspecified atom stereocenters. The predicted octanol–water partition coefficient (Wildman–Crippen LogP) is 5.11. The highest BCUT2D eigenvalue weighted by atomic mass is 28.4. The van der Waals surface area contributed by atoms with Crippen molar-refractivity contribution < 1.29 is 4.43 Å². The van der Waals surface area contributed by atoms with E-state index >= 15 is 0 Å². The Morgan fingerprint density at radius 2 is 1.73 bits per heavy atom. The number of aromatic nitrogens is 2. The van der Waals surface area contributed by atoms with Gasteiger partial charge >= 0.3 is 0 Å². The fourth-order valence-electron chi connectivity index (χ4n) is 2.73. The maximum atomic E-state index is 6.30. The molecule has 0 bridgehead atoms. The highest BCUT2D eigenvalue weighted by Crippen LogP contribution is 2.34. The first-order valence-electron chi connectivity index (χ1n) is 8.75. The topological polar surface area (TPSA) is 39.4 Å². The molecule has 0 radical (unpaired) electrons. The molecule has 0 N–H and O–H groups in total. The van der Waals surface area contributed by atoms with Crippen LogP contribution in [0.2, 0.25) is 19.6 Å². The first-order chi connectivity index (χ1) is 12.3. The van der Waals surface area contributed by atoms with Gasteiger partial charge in [0.1, 0.15) is 11.4 Å². The van der Waals surface area contributed by atoms with E-state index in [0.29, 0.717) is 0 Å². The lowest BCUT2D eigenvalue weighted by Gasteiger charge is -2.21. The van der Waals surface area contributed by atoms with E-state index in [0.717, 1.165) is 33.8 Å². The summed E-state index contributed by atoms with van der Waals surface area (Å²) < 4.78 is 8.10. The second-order valence-corrected chi connectivity index (χ2v) is 11.8. The quantitative estimate of drug-likeness (QED) is 0.467. The van der Waals surface area contributed by atoms with Crippen molar-refractivity contribution in [2.45, 2.75) is 26.6 Å². The zero-order valence-electron chi connectivity index (χ0n) is 16.0. The van der Waals surface area contributed by atoms with Gasteiger partial charge in [-0.3, -0.25) is 4.68 Å². The van der Waals surface area contributed by atoms with Crippen LogP contribution in [-0.4, -0.2) is 23.8 Å². The summed E-state index contributed by atoms with van der Waals surface area (Å²) >= 11 is 0. The molecule has 0 saturated heterocycles. The van der Waals surface area contributed by atoms with Gasteiger partial charge in [0, 0.05) is 24.4 Å². The second kappa shape index (κ2) is 7.29. The van der Waals surface area contributed by atoms with Crippen molar-refractivity contribution >= 4 is 19.7 Å². The number of benzene rings is 2. The Labute approximate surface area is 156 Å². The van der Waals surface area contributed by atoms with Crippen LogP contribution in [0, 0.1) is 6.92 Å². The predicted molar refractivity (Wildman–Crippen MR) is 110 cm³/mol. The minimum Gasteiger partial charge on any atom is -0.543 e. The fraction of sp³-hybridized carbons (Fsp3) is 0.238. The number of hydrogen-bond donors (Lipinski definition) is 0. The zero-order valence-corrected chi connectivity index (χ0v) is 17.0. The van der Waals surface area contributed by atoms with Crippen molar-refractivity contribution in [3.8, 4) is 5.75 Å². The third-order valence-corrected chi connectivity index (χ3v) is 4.70. The fourth-order valence-corrected chi connectivity index (χ4v) is 3.56. The molecular formula is C21H25N3OSi. The number of aliphatic imine (C=N–C) groups is 1. The molecule has 0 fully saturated rings. The van der Waals surface area contributed by atoms with Gasteiger partial charge in [0.15, 0.2) is 0 Å². The molecule has 0 atom stereocenters. The van der Waals surface area contributed by atoms with E-state index in [9.17, 15) is 0 Å². The van der Waals surface area contributed by atoms with E-state index in [1.807, 2.05) is 49.8 Å². The van der Waals surface area contributed by atoms with Gasteiger partial charge in [0.25, 0.3) is 0 Å². The molecule has 0 amide bonds. The van der Waals surface area contributed by atoms with Gasteiger partial charge in [-0.25, -0.2) is 4.99 Å². The monoisotopic (exact) mass is 363 g/mol. The van der Waals surface area contributed by atoms with Gasteiger partial charge in [-0.05, 0) is 38.2 Å². The molecule has 1 heterocycles. The molecule has 1 aromatic heterocycles. The van der Waals surface area contributed by atoms with Crippen molar-refractivity contribution in [3.63, 3.8) is 0 Å². The van der Waals surface area contributed by atoms with Crippen LogP contribution in [-0.2, 0) is 7.05 Å². The number of hydrogen-bond acceptors (Lipinski definition) is 3. The van der Waals surface area contributed by atoms with Crippen molar-refractivity contribution in [1.82, 2.24) is 9.78 Å². The summed E-state index contributed by atoms with van der Waals surface area (Å²) in [5, 5.41) is 4.32. The van der Waals surface area contributed by atoms with E-state index in [1.54, 1.807) is 4.68 Å². The lowest BCUT2D eigenvalue weighted by Crippen LogP contribution is -2.29. The molecule has 0 aliphatic carbocycles. The Hall–Kier alpha value is -2.66. The summed E-state index contributed by atoms with van der Waals surface area (Å²) in [4.78, 5) is 5.06. The largest absolute Gasteiger partial charge is 0.543 e. The van der Waals surface area contributed by atoms with Crippen LogP contribution in [0.25, 0.3) is 0 Å². The Morgan fingerprint density at radius 1 is 1.00 bits per heavy atom. The number of rotatable bonds is 5. The summed E-state index contributed by atoms with van der Waals surface area (Å²) in [5.41, 5.74) is 4.92. The van der Waals surface area contributed by atoms with E-state index in [2.05, 4.69) is 49.9 Å². The van der Waals surface area contributed by atoms with Crippen LogP contribution in [0.3, 0.4) is 0 Å². The van der Waals surface area contributed by atoms with E-state index in [4.69, 9.17) is 9.42 Å². The highest BCUT2D eigenvalue weighted by Gasteiger charge is 2.20. The minimum atomic E-state index is -1.74. The maximum Gasteiger partial charge on any atom is 0.242 e. The van der Waals surface area contributed by atoms with Crippen LogP contribution in [0.1, 0.15) is 16.7 Å². The molecule has 26 heavy (non-hydrogen) atoms. The second-order valence-electron chi connectivity index (χ2n) is 7.37. The third-order valence-electron chi connectivity index (χ3n) is 3.87. The Morgan fingerprint density at radius 3 is 2.35 bits per heavy atom. The Bertz CT molecular complexity index is 924. The molecule has 4 nitrogen and oxygen atoms in total. The molecular weight excluding hydrogens is 338 g/mol. The summed E-state index contributed by atoms with van der Waals surface area (Å²) in [5.74, 6) is 0.849. The summed E-state index contributed by atoms with van der Waals surface area (Å²) in [6.45, 7) is 8.62. The van der Waals surface area contributed by atoms with Crippen molar-refractivity contribution in [3.05, 3.63) is 77.6 Å². The first-order valence-corrected chi connectivity index (χ1v) is 12.2. The maximum absolute atomic E-state index is 6.30. The van der Waals surface area contributed by atoms with Crippen LogP contribution < -0.4 is 4.43 Å². The van der Waals surface area contributed by atoms with Gasteiger partial charge in [0.2, 0.25) is 8.32 Å². The summed E-state index contributed by atoms with van der Waals surface area (Å²) in [7, 11) is 0.173. The standard InChI is InChI=1S/C21H25N3OSi/c1-16-10-9-13-19(25-26(3,4)5)20(16)23-21(17-11-7-6-8-12-17)18-14-22-24(2)15-18/h6-15H,1-5H3. The lowest BCUT2D eigenvalue weighted by atomic mass is 10.0. The molecule has 0 saturated carbocycles. The van der Waals surface area contributed by atoms with E-state index < -0.39 is 8.32 Å². The molecule has 3 aromatic rings. The number of para-hydroxylation sites is 1. The molecule has 5 heteroatoms. The molecule has 0 aliphatic heterocycles. The molecule has 3 rings (SSSR count). The van der Waals surface area contributed by atoms with Crippen LogP contribution in [0.4, 0.5) is 5.69 Å². The van der Waals surface area contributed by atoms with Crippen molar-refractivity contribution in [2.24, 2.45) is 12.0 Å². The van der Waals surface area contributed by atoms with Gasteiger partial charge in [-0.1, -0.05) is 42.5 Å². The minimum absolute atomic E-state index is 0.849. The lowest BCUT2D eigenvalue weighted by molar-refractivity contribution is 0.558. The van der Waals surface area contributed by atoms with Crippen LogP contribution in [0.5, 0.6) is 5.75 Å². The smallest absolute Gasteiger partial charge is 0.242 e. The van der Waals surface area contributed by atoms with Gasteiger partial charge in [-0.2, -0.15) is 5.10 Å². The molecule has 134 valence electrons. The molecule has 2 aromatic carbocycles. The molecule has 0 spiro atoms. The van der Waals surface area contributed by atoms with E-state index in [-0.39, 0.29) is 0 Å². The van der Waals surface area contributed by atoms with Gasteiger partial charge in [0.05, 0.1) is 11.9 Å². The first kappa shape index (κ1) is 18.1. The summed E-state index contributed by atoms with van der Waals surface area (Å²) in [6.07, 6.45) is 3.84. The van der Waals surface area contributed by atoms with E-state index in [1.165, 1.54) is 0 Å². The van der Waals surface area contributed by atoms with Gasteiger partial charge in [-0.15, -0.1) is 0 Å². The number of nitrogens with zero attached hydrogens (tertiary/aromatic N) is 3. The van der Waals surface area contributed by atoms with Crippen molar-refractivity contribution in [1.29, 1.82) is 0 Å². The Balaban J connectivity index is 2.18. The van der Waals surface area contributed by atoms with Crippen LogP contribution >= 0.6 is 0 Å². The third kappa shape index (κ3) is 4.29. The van der Waals surface area contributed by atoms with Gasteiger partial charge < -0.3 is 4.43 Å². The Kier molecular flexibility index (Phi) is 5.09. The van der Waals surface area contributed by atoms with Crippen LogP contribution in [0.15, 0.2) is 65.9 Å². The number of aryl methyl sites for hydroxylation is 2. The average molecular weight is 364 g/mol. The summed E-state index contributed by atoms with van der Waals surface area (Å²) in [6, 6.07) is 16.3. The SMILES string of the molecule is Cc1cccc(O[Si](C)(C)C)c1N=C(c1ccccc1)c1cnn(C)c1. The zero-order chi connectivity index (χ0) is 18.7. The highest BCUT2D eigenvalue weighted by molar-refractivity contribution is 6.70.